The Bertz CT molecular complexity index is 623. The van der Waals surface area contributed by atoms with E-state index in [2.05, 4.69) is 26.3 Å². The second kappa shape index (κ2) is 5.73. The standard InChI is InChI=1S/C13H14BrCl2N3/c1-7-4-9(14)11(5-10(7)15)17-6-12-13(16)8(2)18-19(12)3/h4-5,17H,6H2,1-3H3. The van der Waals surface area contributed by atoms with Crippen LogP contribution < -0.4 is 5.32 Å². The van der Waals surface area contributed by atoms with Crippen LogP contribution in [0, 0.1) is 13.8 Å². The van der Waals surface area contributed by atoms with Gasteiger partial charge in [-0.15, -0.1) is 0 Å². The van der Waals surface area contributed by atoms with Crippen LogP contribution in [0.1, 0.15) is 17.0 Å². The lowest BCUT2D eigenvalue weighted by molar-refractivity contribution is 0.713. The van der Waals surface area contributed by atoms with Gasteiger partial charge in [0.1, 0.15) is 0 Å². The lowest BCUT2D eigenvalue weighted by atomic mass is 10.2. The first-order valence-electron chi connectivity index (χ1n) is 5.77. The molecule has 3 nitrogen and oxygen atoms in total. The van der Waals surface area contributed by atoms with E-state index in [4.69, 9.17) is 23.2 Å². The van der Waals surface area contributed by atoms with E-state index >= 15 is 0 Å². The summed E-state index contributed by atoms with van der Waals surface area (Å²) in [6.07, 6.45) is 0. The average molecular weight is 363 g/mol. The Kier molecular flexibility index (Phi) is 4.43. The third-order valence-electron chi connectivity index (χ3n) is 2.96. The second-order valence-electron chi connectivity index (χ2n) is 4.40. The van der Waals surface area contributed by atoms with Gasteiger partial charge in [0.05, 0.1) is 28.6 Å². The van der Waals surface area contributed by atoms with E-state index < -0.39 is 0 Å². The van der Waals surface area contributed by atoms with Gasteiger partial charge in [-0.05, 0) is 47.5 Å². The first-order chi connectivity index (χ1) is 8.90. The molecule has 0 saturated heterocycles. The zero-order valence-corrected chi connectivity index (χ0v) is 14.0. The van der Waals surface area contributed by atoms with Gasteiger partial charge in [0.25, 0.3) is 0 Å². The molecular weight excluding hydrogens is 349 g/mol. The molecule has 0 aliphatic carbocycles. The Labute approximate surface area is 131 Å². The van der Waals surface area contributed by atoms with Crippen molar-refractivity contribution in [3.05, 3.63) is 43.6 Å². The van der Waals surface area contributed by atoms with Crippen molar-refractivity contribution in [1.82, 2.24) is 9.78 Å². The molecule has 2 rings (SSSR count). The second-order valence-corrected chi connectivity index (χ2v) is 6.04. The molecule has 19 heavy (non-hydrogen) atoms. The number of hydrogen-bond donors (Lipinski definition) is 1. The predicted molar refractivity (Wildman–Crippen MR) is 84.2 cm³/mol. The normalized spacial score (nSPS) is 10.8. The Morgan fingerprint density at radius 3 is 2.58 bits per heavy atom. The summed E-state index contributed by atoms with van der Waals surface area (Å²) in [5.74, 6) is 0. The number of nitrogens with one attached hydrogen (secondary N) is 1. The van der Waals surface area contributed by atoms with Crippen LogP contribution in [0.2, 0.25) is 10.0 Å². The third-order valence-corrected chi connectivity index (χ3v) is 4.51. The largest absolute Gasteiger partial charge is 0.378 e. The molecule has 0 aliphatic rings. The quantitative estimate of drug-likeness (QED) is 0.856. The number of hydrogen-bond acceptors (Lipinski definition) is 2. The van der Waals surface area contributed by atoms with Crippen molar-refractivity contribution in [2.24, 2.45) is 7.05 Å². The zero-order valence-electron chi connectivity index (χ0n) is 10.9. The summed E-state index contributed by atoms with van der Waals surface area (Å²) >= 11 is 15.9. The van der Waals surface area contributed by atoms with Crippen LogP contribution in [0.25, 0.3) is 0 Å². The van der Waals surface area contributed by atoms with E-state index in [0.717, 1.165) is 32.1 Å². The molecule has 0 spiro atoms. The molecule has 2 aromatic rings. The van der Waals surface area contributed by atoms with Gasteiger partial charge < -0.3 is 5.32 Å². The highest BCUT2D eigenvalue weighted by Crippen LogP contribution is 2.30. The van der Waals surface area contributed by atoms with Crippen LogP contribution in [0.5, 0.6) is 0 Å². The minimum Gasteiger partial charge on any atom is -0.378 e. The highest BCUT2D eigenvalue weighted by molar-refractivity contribution is 9.10. The van der Waals surface area contributed by atoms with Gasteiger partial charge in [-0.2, -0.15) is 5.10 Å². The molecular formula is C13H14BrCl2N3. The summed E-state index contributed by atoms with van der Waals surface area (Å²) in [7, 11) is 1.88. The first-order valence-corrected chi connectivity index (χ1v) is 7.32. The fourth-order valence-corrected chi connectivity index (χ4v) is 2.82. The molecule has 0 fully saturated rings. The smallest absolute Gasteiger partial charge is 0.0865 e. The molecule has 1 N–H and O–H groups in total. The van der Waals surface area contributed by atoms with E-state index in [1.807, 2.05) is 33.0 Å². The van der Waals surface area contributed by atoms with Crippen LogP contribution in [0.15, 0.2) is 16.6 Å². The van der Waals surface area contributed by atoms with Gasteiger partial charge >= 0.3 is 0 Å². The molecule has 1 aromatic carbocycles. The number of rotatable bonds is 3. The van der Waals surface area contributed by atoms with E-state index in [-0.39, 0.29) is 0 Å². The van der Waals surface area contributed by atoms with E-state index in [1.54, 1.807) is 4.68 Å². The highest BCUT2D eigenvalue weighted by Gasteiger charge is 2.11. The first kappa shape index (κ1) is 14.7. The van der Waals surface area contributed by atoms with Gasteiger partial charge in [-0.3, -0.25) is 4.68 Å². The van der Waals surface area contributed by atoms with Gasteiger partial charge in [0.15, 0.2) is 0 Å². The molecule has 0 saturated carbocycles. The summed E-state index contributed by atoms with van der Waals surface area (Å²) in [5, 5.41) is 9.03. The van der Waals surface area contributed by atoms with Crippen molar-refractivity contribution in [1.29, 1.82) is 0 Å². The maximum Gasteiger partial charge on any atom is 0.0865 e. The zero-order chi connectivity index (χ0) is 14.2. The van der Waals surface area contributed by atoms with E-state index in [0.29, 0.717) is 11.6 Å². The minimum absolute atomic E-state index is 0.591. The van der Waals surface area contributed by atoms with Gasteiger partial charge in [-0.1, -0.05) is 23.2 Å². The van der Waals surface area contributed by atoms with Crippen molar-refractivity contribution in [3.63, 3.8) is 0 Å². The van der Waals surface area contributed by atoms with Gasteiger partial charge in [0, 0.05) is 16.5 Å². The molecule has 0 atom stereocenters. The monoisotopic (exact) mass is 361 g/mol. The Hall–Kier alpha value is -0.710. The maximum absolute atomic E-state index is 6.22. The Morgan fingerprint density at radius 1 is 1.32 bits per heavy atom. The number of aryl methyl sites for hydroxylation is 3. The van der Waals surface area contributed by atoms with Crippen molar-refractivity contribution < 1.29 is 0 Å². The molecule has 1 aromatic heterocycles. The lowest BCUT2D eigenvalue weighted by Gasteiger charge is -2.11. The number of halogens is 3. The minimum atomic E-state index is 0.591. The summed E-state index contributed by atoms with van der Waals surface area (Å²) in [6, 6.07) is 3.89. The maximum atomic E-state index is 6.22. The number of nitrogens with zero attached hydrogens (tertiary/aromatic N) is 2. The molecule has 6 heteroatoms. The lowest BCUT2D eigenvalue weighted by Crippen LogP contribution is -2.06. The molecule has 0 aliphatic heterocycles. The van der Waals surface area contributed by atoms with Crippen LogP contribution >= 0.6 is 39.1 Å². The number of aromatic nitrogens is 2. The molecule has 0 unspecified atom stereocenters. The van der Waals surface area contributed by atoms with E-state index in [1.165, 1.54) is 0 Å². The number of anilines is 1. The van der Waals surface area contributed by atoms with Crippen LogP contribution in [0.4, 0.5) is 5.69 Å². The molecule has 0 bridgehead atoms. The fourth-order valence-electron chi connectivity index (χ4n) is 1.83. The van der Waals surface area contributed by atoms with Gasteiger partial charge in [-0.25, -0.2) is 0 Å². The molecule has 0 radical (unpaired) electrons. The SMILES string of the molecule is Cc1cc(Br)c(NCc2c(Cl)c(C)nn2C)cc1Cl. The number of benzene rings is 1. The average Bonchev–Trinajstić information content (AvgIpc) is 2.57. The van der Waals surface area contributed by atoms with Crippen molar-refractivity contribution in [2.75, 3.05) is 5.32 Å². The third kappa shape index (κ3) is 3.07. The van der Waals surface area contributed by atoms with Crippen molar-refractivity contribution in [2.45, 2.75) is 20.4 Å². The topological polar surface area (TPSA) is 29.9 Å². The molecule has 0 amide bonds. The summed E-state index contributed by atoms with van der Waals surface area (Å²) < 4.78 is 2.76. The summed E-state index contributed by atoms with van der Waals surface area (Å²) in [5.41, 5.74) is 3.75. The molecule has 1 heterocycles. The van der Waals surface area contributed by atoms with E-state index in [9.17, 15) is 0 Å². The molecule has 102 valence electrons. The van der Waals surface area contributed by atoms with Gasteiger partial charge in [0.2, 0.25) is 0 Å². The summed E-state index contributed by atoms with van der Waals surface area (Å²) in [4.78, 5) is 0. The van der Waals surface area contributed by atoms with Crippen molar-refractivity contribution in [3.8, 4) is 0 Å². The Balaban J connectivity index is 2.21. The predicted octanol–water partition coefficient (Wildman–Crippen LogP) is 4.72. The fraction of sp³-hybridized carbons (Fsp3) is 0.308. The Morgan fingerprint density at radius 2 is 2.00 bits per heavy atom. The van der Waals surface area contributed by atoms with Crippen LogP contribution in [-0.4, -0.2) is 9.78 Å². The van der Waals surface area contributed by atoms with Crippen LogP contribution in [0.3, 0.4) is 0 Å². The van der Waals surface area contributed by atoms with Crippen molar-refractivity contribution >= 4 is 44.8 Å². The highest BCUT2D eigenvalue weighted by atomic mass is 79.9. The van der Waals surface area contributed by atoms with Crippen LogP contribution in [-0.2, 0) is 13.6 Å². The summed E-state index contributed by atoms with van der Waals surface area (Å²) in [6.45, 7) is 4.46.